The zero-order valence-electron chi connectivity index (χ0n) is 11.8. The van der Waals surface area contributed by atoms with Crippen molar-refractivity contribution in [3.05, 3.63) is 38.8 Å². The molecule has 0 atom stereocenters. The first-order chi connectivity index (χ1) is 10.4. The highest BCUT2D eigenvalue weighted by molar-refractivity contribution is 8.26. The standard InChI is InChI=1S/C14H14N2O4S2/c1-2-3-6-15-13(18)12(22-14(15)21)8-9-4-5-11(17)10(7-9)16(19)20/h4-5,7-8,17H,2-3,6H2,1H3. The van der Waals surface area contributed by atoms with Crippen LogP contribution in [-0.4, -0.2) is 31.7 Å². The number of unbranched alkanes of at least 4 members (excludes halogenated alkanes) is 1. The minimum Gasteiger partial charge on any atom is -0.502 e. The van der Waals surface area contributed by atoms with Crippen LogP contribution < -0.4 is 0 Å². The van der Waals surface area contributed by atoms with Gasteiger partial charge < -0.3 is 5.11 Å². The fraction of sp³-hybridized carbons (Fsp3) is 0.286. The topological polar surface area (TPSA) is 83.7 Å². The van der Waals surface area contributed by atoms with Gasteiger partial charge in [-0.3, -0.25) is 19.8 Å². The molecule has 0 bridgehead atoms. The summed E-state index contributed by atoms with van der Waals surface area (Å²) >= 11 is 6.37. The number of phenols is 1. The molecule has 6 nitrogen and oxygen atoms in total. The van der Waals surface area contributed by atoms with Crippen LogP contribution in [0.15, 0.2) is 23.1 Å². The number of carbonyl (C=O) groups excluding carboxylic acids is 1. The SMILES string of the molecule is CCCCN1C(=O)C(=Cc2ccc(O)c([N+](=O)[O-])c2)SC1=S. The average Bonchev–Trinajstić information content (AvgIpc) is 2.73. The van der Waals surface area contributed by atoms with E-state index < -0.39 is 16.4 Å². The van der Waals surface area contributed by atoms with Crippen molar-refractivity contribution in [2.45, 2.75) is 19.8 Å². The van der Waals surface area contributed by atoms with E-state index in [1.54, 1.807) is 11.0 Å². The number of aromatic hydroxyl groups is 1. The fourth-order valence-electron chi connectivity index (χ4n) is 1.94. The Kier molecular flexibility index (Phi) is 5.15. The molecule has 1 aliphatic rings. The van der Waals surface area contributed by atoms with Crippen molar-refractivity contribution in [3.8, 4) is 5.75 Å². The van der Waals surface area contributed by atoms with Gasteiger partial charge in [-0.1, -0.05) is 43.4 Å². The second kappa shape index (κ2) is 6.89. The van der Waals surface area contributed by atoms with E-state index in [0.29, 0.717) is 21.3 Å². The van der Waals surface area contributed by atoms with Crippen molar-refractivity contribution < 1.29 is 14.8 Å². The lowest BCUT2D eigenvalue weighted by molar-refractivity contribution is -0.385. The number of nitro benzene ring substituents is 1. The Labute approximate surface area is 137 Å². The second-order valence-electron chi connectivity index (χ2n) is 4.69. The zero-order chi connectivity index (χ0) is 16.3. The van der Waals surface area contributed by atoms with Gasteiger partial charge in [0.1, 0.15) is 4.32 Å². The number of nitrogens with zero attached hydrogens (tertiary/aromatic N) is 2. The summed E-state index contributed by atoms with van der Waals surface area (Å²) in [5.41, 5.74) is 0.0794. The molecule has 0 aliphatic carbocycles. The highest BCUT2D eigenvalue weighted by Crippen LogP contribution is 2.34. The lowest BCUT2D eigenvalue weighted by Gasteiger charge is -2.12. The van der Waals surface area contributed by atoms with E-state index in [1.165, 1.54) is 30.0 Å². The van der Waals surface area contributed by atoms with Crippen LogP contribution in [0.4, 0.5) is 5.69 Å². The molecule has 0 spiro atoms. The van der Waals surface area contributed by atoms with E-state index in [1.807, 2.05) is 6.92 Å². The highest BCUT2D eigenvalue weighted by Gasteiger charge is 2.31. The van der Waals surface area contributed by atoms with E-state index in [-0.39, 0.29) is 5.91 Å². The average molecular weight is 338 g/mol. The zero-order valence-corrected chi connectivity index (χ0v) is 13.4. The summed E-state index contributed by atoms with van der Waals surface area (Å²) in [5.74, 6) is -0.586. The van der Waals surface area contributed by atoms with Crippen LogP contribution in [0.25, 0.3) is 6.08 Å². The number of hydrogen-bond donors (Lipinski definition) is 1. The molecule has 0 unspecified atom stereocenters. The first kappa shape index (κ1) is 16.4. The molecule has 1 saturated heterocycles. The molecule has 0 saturated carbocycles. The summed E-state index contributed by atoms with van der Waals surface area (Å²) in [6, 6.07) is 3.98. The summed E-state index contributed by atoms with van der Waals surface area (Å²) in [5, 5.41) is 20.3. The molecule has 8 heteroatoms. The van der Waals surface area contributed by atoms with Crippen molar-refractivity contribution in [2.75, 3.05) is 6.54 Å². The van der Waals surface area contributed by atoms with Crippen molar-refractivity contribution in [1.29, 1.82) is 0 Å². The smallest absolute Gasteiger partial charge is 0.311 e. The number of carbonyl (C=O) groups is 1. The number of amides is 1. The first-order valence-corrected chi connectivity index (χ1v) is 7.89. The Morgan fingerprint density at radius 2 is 2.23 bits per heavy atom. The van der Waals surface area contributed by atoms with E-state index in [9.17, 15) is 20.0 Å². The van der Waals surface area contributed by atoms with Crippen LogP contribution in [0.2, 0.25) is 0 Å². The van der Waals surface area contributed by atoms with Gasteiger partial charge in [0.15, 0.2) is 5.75 Å². The molecule has 1 N–H and O–H groups in total. The van der Waals surface area contributed by atoms with Gasteiger partial charge in [-0.15, -0.1) is 0 Å². The van der Waals surface area contributed by atoms with Crippen LogP contribution in [0, 0.1) is 10.1 Å². The molecule has 1 heterocycles. The van der Waals surface area contributed by atoms with Crippen LogP contribution in [-0.2, 0) is 4.79 Å². The minimum atomic E-state index is -0.668. The molecule has 0 aromatic heterocycles. The maximum atomic E-state index is 12.3. The Balaban J connectivity index is 2.27. The summed E-state index contributed by atoms with van der Waals surface area (Å²) in [7, 11) is 0. The van der Waals surface area contributed by atoms with Gasteiger partial charge in [0.05, 0.1) is 9.83 Å². The summed E-state index contributed by atoms with van der Waals surface area (Å²) in [6.45, 7) is 2.61. The molecular weight excluding hydrogens is 324 g/mol. The third-order valence-corrected chi connectivity index (χ3v) is 4.48. The van der Waals surface area contributed by atoms with Crippen molar-refractivity contribution in [1.82, 2.24) is 4.90 Å². The maximum Gasteiger partial charge on any atom is 0.311 e. The largest absolute Gasteiger partial charge is 0.502 e. The molecule has 2 rings (SSSR count). The number of nitro groups is 1. The Morgan fingerprint density at radius 3 is 2.86 bits per heavy atom. The maximum absolute atomic E-state index is 12.3. The van der Waals surface area contributed by atoms with Crippen LogP contribution in [0.1, 0.15) is 25.3 Å². The summed E-state index contributed by atoms with van der Waals surface area (Å²) in [4.78, 5) is 24.4. The van der Waals surface area contributed by atoms with E-state index in [4.69, 9.17) is 12.2 Å². The van der Waals surface area contributed by atoms with E-state index in [2.05, 4.69) is 0 Å². The van der Waals surface area contributed by atoms with Gasteiger partial charge in [0.25, 0.3) is 5.91 Å². The molecule has 22 heavy (non-hydrogen) atoms. The number of phenolic OH excluding ortho intramolecular Hbond substituents is 1. The molecule has 0 radical (unpaired) electrons. The van der Waals surface area contributed by atoms with Gasteiger partial charge in [-0.25, -0.2) is 0 Å². The van der Waals surface area contributed by atoms with Crippen LogP contribution >= 0.6 is 24.0 Å². The number of thiocarbonyl (C=S) groups is 1. The second-order valence-corrected chi connectivity index (χ2v) is 6.37. The molecule has 1 aromatic carbocycles. The Bertz CT molecular complexity index is 673. The predicted octanol–water partition coefficient (Wildman–Crippen LogP) is 3.30. The lowest BCUT2D eigenvalue weighted by atomic mass is 10.1. The third-order valence-electron chi connectivity index (χ3n) is 3.10. The summed E-state index contributed by atoms with van der Waals surface area (Å²) < 4.78 is 0.498. The van der Waals surface area contributed by atoms with Gasteiger partial charge in [0.2, 0.25) is 0 Å². The van der Waals surface area contributed by atoms with Crippen molar-refractivity contribution in [2.24, 2.45) is 0 Å². The number of benzene rings is 1. The molecule has 1 aliphatic heterocycles. The predicted molar refractivity (Wildman–Crippen MR) is 89.5 cm³/mol. The van der Waals surface area contributed by atoms with Gasteiger partial charge in [-0.05, 0) is 24.1 Å². The number of hydrogen-bond acceptors (Lipinski definition) is 6. The Hall–Kier alpha value is -1.93. The van der Waals surface area contributed by atoms with E-state index in [0.717, 1.165) is 12.8 Å². The van der Waals surface area contributed by atoms with E-state index >= 15 is 0 Å². The molecule has 116 valence electrons. The quantitative estimate of drug-likeness (QED) is 0.384. The molecule has 1 amide bonds. The molecular formula is C14H14N2O4S2. The fourth-order valence-corrected chi connectivity index (χ4v) is 3.25. The highest BCUT2D eigenvalue weighted by atomic mass is 32.2. The van der Waals surface area contributed by atoms with Crippen molar-refractivity contribution in [3.63, 3.8) is 0 Å². The number of rotatable bonds is 5. The normalized spacial score (nSPS) is 16.6. The lowest BCUT2D eigenvalue weighted by Crippen LogP contribution is -2.28. The first-order valence-electron chi connectivity index (χ1n) is 6.66. The third kappa shape index (κ3) is 3.45. The number of thioether (sulfide) groups is 1. The minimum absolute atomic E-state index is 0.181. The van der Waals surface area contributed by atoms with Crippen molar-refractivity contribution >= 4 is 46.0 Å². The van der Waals surface area contributed by atoms with Gasteiger partial charge >= 0.3 is 5.69 Å². The monoisotopic (exact) mass is 338 g/mol. The van der Waals surface area contributed by atoms with Gasteiger partial charge in [-0.2, -0.15) is 0 Å². The molecule has 1 aromatic rings. The van der Waals surface area contributed by atoms with Gasteiger partial charge in [0, 0.05) is 12.6 Å². The van der Waals surface area contributed by atoms with Crippen LogP contribution in [0.3, 0.4) is 0 Å². The molecule has 1 fully saturated rings. The Morgan fingerprint density at radius 1 is 1.50 bits per heavy atom. The summed E-state index contributed by atoms with van der Waals surface area (Å²) in [6.07, 6.45) is 3.38. The van der Waals surface area contributed by atoms with Crippen LogP contribution in [0.5, 0.6) is 5.75 Å².